The SMILES string of the molecule is C[C@@H](c1ccc[c-]1[P@@H](=O)c1ccccc1)P(C(C)(C)C)C(C)(C)C. The van der Waals surface area contributed by atoms with Gasteiger partial charge in [0.2, 0.25) is 0 Å². The molecule has 0 spiro atoms. The average Bonchev–Trinajstić information content (AvgIpc) is 2.93. The molecule has 0 aliphatic carbocycles. The fourth-order valence-corrected chi connectivity index (χ4v) is 10.6. The van der Waals surface area contributed by atoms with Crippen LogP contribution in [0.15, 0.2) is 48.5 Å². The summed E-state index contributed by atoms with van der Waals surface area (Å²) in [5.41, 5.74) is 1.72. The van der Waals surface area contributed by atoms with Crippen LogP contribution in [-0.2, 0) is 4.57 Å². The van der Waals surface area contributed by atoms with Crippen LogP contribution in [0.1, 0.15) is 59.7 Å². The summed E-state index contributed by atoms with van der Waals surface area (Å²) in [4.78, 5) is 0. The highest BCUT2D eigenvalue weighted by atomic mass is 31.1. The Morgan fingerprint density at radius 3 is 1.96 bits per heavy atom. The lowest BCUT2D eigenvalue weighted by Gasteiger charge is -2.46. The summed E-state index contributed by atoms with van der Waals surface area (Å²) < 4.78 is 13.1. The van der Waals surface area contributed by atoms with Gasteiger partial charge >= 0.3 is 0 Å². The maximum absolute atomic E-state index is 13.1. The molecule has 0 saturated carbocycles. The third-order valence-corrected chi connectivity index (χ3v) is 10.2. The highest BCUT2D eigenvalue weighted by Crippen LogP contribution is 2.67. The lowest BCUT2D eigenvalue weighted by atomic mass is 10.2. The summed E-state index contributed by atoms with van der Waals surface area (Å²) in [6.45, 7) is 16.4. The van der Waals surface area contributed by atoms with E-state index in [-0.39, 0.29) is 18.2 Å². The van der Waals surface area contributed by atoms with Crippen molar-refractivity contribution in [3.05, 3.63) is 54.1 Å². The average molecular weight is 361 g/mol. The highest BCUT2D eigenvalue weighted by molar-refractivity contribution is 7.62. The summed E-state index contributed by atoms with van der Waals surface area (Å²) in [7, 11) is -2.23. The second kappa shape index (κ2) is 7.23. The van der Waals surface area contributed by atoms with Gasteiger partial charge < -0.3 is 4.57 Å². The quantitative estimate of drug-likeness (QED) is 0.478. The van der Waals surface area contributed by atoms with E-state index in [1.165, 1.54) is 5.56 Å². The Morgan fingerprint density at radius 1 is 0.917 bits per heavy atom. The molecule has 0 aliphatic heterocycles. The molecule has 3 heteroatoms. The fraction of sp³-hybridized carbons (Fsp3) is 0.476. The number of hydrogen-bond acceptors (Lipinski definition) is 1. The summed E-state index contributed by atoms with van der Waals surface area (Å²) >= 11 is 0. The second-order valence-electron chi connectivity index (χ2n) is 8.48. The Hall–Kier alpha value is -0.770. The molecule has 0 unspecified atom stereocenters. The molecule has 2 aromatic rings. The highest BCUT2D eigenvalue weighted by Gasteiger charge is 2.38. The summed E-state index contributed by atoms with van der Waals surface area (Å²) in [5.74, 6) is 0. The molecule has 0 radical (unpaired) electrons. The largest absolute Gasteiger partial charge is 0.330 e. The van der Waals surface area contributed by atoms with Gasteiger partial charge in [0.1, 0.15) is 0 Å². The maximum Gasteiger partial charge on any atom is 0.0832 e. The van der Waals surface area contributed by atoms with Crippen molar-refractivity contribution in [2.75, 3.05) is 0 Å². The Bertz CT molecular complexity index is 673. The van der Waals surface area contributed by atoms with Gasteiger partial charge in [0.05, 0.1) is 7.80 Å². The van der Waals surface area contributed by atoms with Gasteiger partial charge in [-0.1, -0.05) is 92.0 Å². The molecule has 2 atom stereocenters. The monoisotopic (exact) mass is 361 g/mol. The van der Waals surface area contributed by atoms with E-state index in [1.807, 2.05) is 30.3 Å². The van der Waals surface area contributed by atoms with E-state index < -0.39 is 7.80 Å². The number of hydrogen-bond donors (Lipinski definition) is 0. The van der Waals surface area contributed by atoms with Gasteiger partial charge in [0.25, 0.3) is 0 Å². The Labute approximate surface area is 149 Å². The normalized spacial score (nSPS) is 15.5. The van der Waals surface area contributed by atoms with Gasteiger partial charge in [0.15, 0.2) is 0 Å². The molecule has 2 aromatic carbocycles. The molecular formula is C21H31OP2-. The molecule has 0 aromatic heterocycles. The van der Waals surface area contributed by atoms with Crippen molar-refractivity contribution in [2.45, 2.75) is 64.4 Å². The van der Waals surface area contributed by atoms with E-state index >= 15 is 0 Å². The third-order valence-electron chi connectivity index (χ3n) is 4.41. The van der Waals surface area contributed by atoms with Crippen LogP contribution in [0.25, 0.3) is 0 Å². The third kappa shape index (κ3) is 4.25. The van der Waals surface area contributed by atoms with Crippen LogP contribution in [-0.4, -0.2) is 10.3 Å². The van der Waals surface area contributed by atoms with Crippen molar-refractivity contribution in [3.8, 4) is 0 Å². The molecule has 132 valence electrons. The molecule has 0 bridgehead atoms. The number of benzene rings is 1. The van der Waals surface area contributed by atoms with Gasteiger partial charge in [-0.25, -0.2) is 12.1 Å². The second-order valence-corrected chi connectivity index (χ2v) is 14.4. The van der Waals surface area contributed by atoms with E-state index in [1.54, 1.807) is 0 Å². The fourth-order valence-electron chi connectivity index (χ4n) is 4.06. The molecule has 0 heterocycles. The van der Waals surface area contributed by atoms with E-state index in [9.17, 15) is 4.57 Å². The lowest BCUT2D eigenvalue weighted by Crippen LogP contribution is -2.28. The van der Waals surface area contributed by atoms with Crippen LogP contribution < -0.4 is 10.6 Å². The minimum absolute atomic E-state index is 0.254. The van der Waals surface area contributed by atoms with Crippen molar-refractivity contribution in [1.82, 2.24) is 0 Å². The van der Waals surface area contributed by atoms with Crippen LogP contribution in [0.2, 0.25) is 0 Å². The summed E-state index contributed by atoms with van der Waals surface area (Å²) in [6, 6.07) is 16.2. The van der Waals surface area contributed by atoms with Gasteiger partial charge in [-0.15, -0.1) is 0 Å². The number of rotatable bonds is 4. The van der Waals surface area contributed by atoms with Crippen molar-refractivity contribution in [2.24, 2.45) is 0 Å². The minimum Gasteiger partial charge on any atom is -0.330 e. The zero-order chi connectivity index (χ0) is 18.1. The van der Waals surface area contributed by atoms with E-state index in [4.69, 9.17) is 0 Å². The molecule has 1 nitrogen and oxygen atoms in total. The topological polar surface area (TPSA) is 17.1 Å². The zero-order valence-electron chi connectivity index (χ0n) is 16.1. The first-order chi connectivity index (χ1) is 11.0. The smallest absolute Gasteiger partial charge is 0.0832 e. The predicted molar refractivity (Wildman–Crippen MR) is 112 cm³/mol. The Balaban J connectivity index is 2.44. The van der Waals surface area contributed by atoms with Gasteiger partial charge in [-0.2, -0.15) is 11.6 Å². The Kier molecular flexibility index (Phi) is 5.89. The molecule has 0 aliphatic rings. The lowest BCUT2D eigenvalue weighted by molar-refractivity contribution is 0.598. The van der Waals surface area contributed by atoms with E-state index in [2.05, 4.69) is 66.7 Å². The molecule has 0 N–H and O–H groups in total. The van der Waals surface area contributed by atoms with Crippen molar-refractivity contribution < 1.29 is 4.57 Å². The Morgan fingerprint density at radius 2 is 1.46 bits per heavy atom. The van der Waals surface area contributed by atoms with E-state index in [0.717, 1.165) is 10.6 Å². The molecule has 0 saturated heterocycles. The standard InChI is InChI=1S/C21H31OP2/c1-16(24(20(2,3)4)21(5,6)7)18-14-11-15-19(18)23(22)17-12-9-8-10-13-17/h8-16,23H,1-7H3/q-1/t16-/m0/s1. The van der Waals surface area contributed by atoms with Crippen LogP contribution in [0, 0.1) is 0 Å². The van der Waals surface area contributed by atoms with Crippen LogP contribution in [0.5, 0.6) is 0 Å². The molecule has 0 amide bonds. The zero-order valence-corrected chi connectivity index (χ0v) is 17.9. The first-order valence-corrected chi connectivity index (χ1v) is 11.5. The molecule has 24 heavy (non-hydrogen) atoms. The van der Waals surface area contributed by atoms with Crippen molar-refractivity contribution in [3.63, 3.8) is 0 Å². The molecule has 2 rings (SSSR count). The van der Waals surface area contributed by atoms with Crippen LogP contribution >= 0.6 is 15.7 Å². The van der Waals surface area contributed by atoms with E-state index in [0.29, 0.717) is 5.66 Å². The van der Waals surface area contributed by atoms with Crippen LogP contribution in [0.4, 0.5) is 0 Å². The van der Waals surface area contributed by atoms with Crippen LogP contribution in [0.3, 0.4) is 0 Å². The van der Waals surface area contributed by atoms with Gasteiger partial charge in [-0.05, 0) is 16.0 Å². The first kappa shape index (κ1) is 19.6. The minimum atomic E-state index is -1.94. The summed E-state index contributed by atoms with van der Waals surface area (Å²) in [6.07, 6.45) is 0. The van der Waals surface area contributed by atoms with Crippen molar-refractivity contribution >= 4 is 26.3 Å². The predicted octanol–water partition coefficient (Wildman–Crippen LogP) is 6.06. The first-order valence-electron chi connectivity index (χ1n) is 8.68. The molecular weight excluding hydrogens is 330 g/mol. The van der Waals surface area contributed by atoms with Crippen molar-refractivity contribution in [1.29, 1.82) is 0 Å². The van der Waals surface area contributed by atoms with Gasteiger partial charge in [-0.3, -0.25) is 0 Å². The molecule has 0 fully saturated rings. The summed E-state index contributed by atoms with van der Waals surface area (Å²) in [5, 5.41) is 2.52. The maximum atomic E-state index is 13.1. The van der Waals surface area contributed by atoms with Gasteiger partial charge in [0, 0.05) is 5.30 Å².